The number of carbonyl (C=O) groups excluding carboxylic acids is 2. The zero-order chi connectivity index (χ0) is 27.1. The first-order valence-electron chi connectivity index (χ1n) is 11.8. The van der Waals surface area contributed by atoms with Crippen LogP contribution in [0.15, 0.2) is 85.1 Å². The summed E-state index contributed by atoms with van der Waals surface area (Å²) < 4.78 is 5.88. The van der Waals surface area contributed by atoms with Gasteiger partial charge in [-0.25, -0.2) is 14.6 Å². The van der Waals surface area contributed by atoms with Gasteiger partial charge in [0, 0.05) is 11.9 Å². The third kappa shape index (κ3) is 6.74. The summed E-state index contributed by atoms with van der Waals surface area (Å²) in [5.74, 6) is -0.725. The van der Waals surface area contributed by atoms with Gasteiger partial charge in [-0.05, 0) is 47.9 Å². The Bertz CT molecular complexity index is 1420. The molecule has 38 heavy (non-hydrogen) atoms. The van der Waals surface area contributed by atoms with E-state index in [1.165, 1.54) is 0 Å². The molecule has 194 valence electrons. The number of hydrogen-bond donors (Lipinski definition) is 4. The standard InChI is InChI=1S/C28H26N4O5S/c1-17(2)24(27(34)35)32-25(33)26-29-16-23(38-26)18-12-14-19(15-13-18)30-28(36)31-21-10-6-7-11-22(21)37-20-8-4-3-5-9-20/h3-17,24H,1-2H3,(H,32,33)(H,34,35)(H2,30,31,36)/t24-/m0/s1. The highest BCUT2D eigenvalue weighted by Gasteiger charge is 2.25. The number of thiazole rings is 1. The molecule has 0 bridgehead atoms. The zero-order valence-electron chi connectivity index (χ0n) is 20.7. The van der Waals surface area contributed by atoms with Gasteiger partial charge in [0.2, 0.25) is 0 Å². The predicted molar refractivity (Wildman–Crippen MR) is 147 cm³/mol. The predicted octanol–water partition coefficient (Wildman–Crippen LogP) is 6.09. The van der Waals surface area contributed by atoms with Crippen molar-refractivity contribution in [2.24, 2.45) is 5.92 Å². The fourth-order valence-electron chi connectivity index (χ4n) is 3.51. The summed E-state index contributed by atoms with van der Waals surface area (Å²) in [5, 5.41) is 17.6. The van der Waals surface area contributed by atoms with Crippen molar-refractivity contribution in [3.05, 3.63) is 90.1 Å². The number of nitrogens with one attached hydrogen (secondary N) is 3. The molecule has 9 nitrogen and oxygen atoms in total. The number of carboxylic acid groups (broad SMARTS) is 1. The number of para-hydroxylation sites is 3. The van der Waals surface area contributed by atoms with Gasteiger partial charge in [-0.15, -0.1) is 11.3 Å². The smallest absolute Gasteiger partial charge is 0.326 e. The van der Waals surface area contributed by atoms with Crippen molar-refractivity contribution in [2.75, 3.05) is 10.6 Å². The summed E-state index contributed by atoms with van der Waals surface area (Å²) in [7, 11) is 0. The van der Waals surface area contributed by atoms with Crippen LogP contribution in [0.4, 0.5) is 16.2 Å². The molecule has 0 radical (unpaired) electrons. The number of aromatic nitrogens is 1. The van der Waals surface area contributed by atoms with Crippen LogP contribution in [0.3, 0.4) is 0 Å². The lowest BCUT2D eigenvalue weighted by atomic mass is 10.1. The van der Waals surface area contributed by atoms with Gasteiger partial charge >= 0.3 is 12.0 Å². The van der Waals surface area contributed by atoms with Crippen LogP contribution >= 0.6 is 11.3 Å². The van der Waals surface area contributed by atoms with E-state index in [-0.39, 0.29) is 10.9 Å². The van der Waals surface area contributed by atoms with E-state index in [1.54, 1.807) is 62.5 Å². The topological polar surface area (TPSA) is 130 Å². The number of carbonyl (C=O) groups is 3. The molecule has 3 amide bonds. The molecular formula is C28H26N4O5S. The van der Waals surface area contributed by atoms with Crippen molar-refractivity contribution in [1.82, 2.24) is 10.3 Å². The van der Waals surface area contributed by atoms with Crippen LogP contribution in [0.2, 0.25) is 0 Å². The van der Waals surface area contributed by atoms with E-state index in [0.29, 0.717) is 22.9 Å². The first kappa shape index (κ1) is 26.4. The van der Waals surface area contributed by atoms with Crippen molar-refractivity contribution in [3.63, 3.8) is 0 Å². The second-order valence-electron chi connectivity index (χ2n) is 8.63. The van der Waals surface area contributed by atoms with Crippen molar-refractivity contribution in [2.45, 2.75) is 19.9 Å². The molecule has 0 fully saturated rings. The molecule has 0 spiro atoms. The minimum atomic E-state index is -1.09. The van der Waals surface area contributed by atoms with E-state index in [9.17, 15) is 19.5 Å². The molecular weight excluding hydrogens is 504 g/mol. The van der Waals surface area contributed by atoms with E-state index in [4.69, 9.17) is 4.74 Å². The van der Waals surface area contributed by atoms with Gasteiger partial charge < -0.3 is 25.8 Å². The maximum absolute atomic E-state index is 12.6. The van der Waals surface area contributed by atoms with Crippen molar-refractivity contribution < 1.29 is 24.2 Å². The number of amides is 3. The molecule has 4 rings (SSSR count). The monoisotopic (exact) mass is 530 g/mol. The number of nitrogens with zero attached hydrogens (tertiary/aromatic N) is 1. The molecule has 4 N–H and O–H groups in total. The van der Waals surface area contributed by atoms with E-state index in [2.05, 4.69) is 20.9 Å². The number of hydrogen-bond acceptors (Lipinski definition) is 6. The third-order valence-electron chi connectivity index (χ3n) is 5.45. The second-order valence-corrected chi connectivity index (χ2v) is 9.66. The minimum Gasteiger partial charge on any atom is -0.480 e. The fourth-order valence-corrected chi connectivity index (χ4v) is 4.33. The van der Waals surface area contributed by atoms with Gasteiger partial charge in [-0.1, -0.05) is 56.3 Å². The van der Waals surface area contributed by atoms with Crippen LogP contribution in [-0.4, -0.2) is 34.0 Å². The van der Waals surface area contributed by atoms with Crippen LogP contribution < -0.4 is 20.7 Å². The average molecular weight is 531 g/mol. The van der Waals surface area contributed by atoms with Gasteiger partial charge in [0.05, 0.1) is 10.6 Å². The van der Waals surface area contributed by atoms with Gasteiger partial charge in [0.15, 0.2) is 10.8 Å². The summed E-state index contributed by atoms with van der Waals surface area (Å²) >= 11 is 1.15. The lowest BCUT2D eigenvalue weighted by molar-refractivity contribution is -0.140. The summed E-state index contributed by atoms with van der Waals surface area (Å²) in [6.07, 6.45) is 1.56. The maximum atomic E-state index is 12.6. The molecule has 1 heterocycles. The largest absolute Gasteiger partial charge is 0.480 e. The highest BCUT2D eigenvalue weighted by Crippen LogP contribution is 2.30. The van der Waals surface area contributed by atoms with Crippen molar-refractivity contribution in [3.8, 4) is 21.9 Å². The zero-order valence-corrected chi connectivity index (χ0v) is 21.5. The fraction of sp³-hybridized carbons (Fsp3) is 0.143. The Hall–Kier alpha value is -4.70. The molecule has 0 aliphatic heterocycles. The summed E-state index contributed by atoms with van der Waals surface area (Å²) in [5.41, 5.74) is 1.88. The van der Waals surface area contributed by atoms with Crippen LogP contribution in [0.25, 0.3) is 10.4 Å². The van der Waals surface area contributed by atoms with E-state index < -0.39 is 23.9 Å². The first-order valence-corrected chi connectivity index (χ1v) is 12.6. The van der Waals surface area contributed by atoms with Crippen LogP contribution in [0.5, 0.6) is 11.5 Å². The van der Waals surface area contributed by atoms with E-state index >= 15 is 0 Å². The molecule has 0 saturated heterocycles. The number of rotatable bonds is 9. The highest BCUT2D eigenvalue weighted by atomic mass is 32.1. The number of urea groups is 1. The number of aliphatic carboxylic acids is 1. The Morgan fingerprint density at radius 1 is 0.895 bits per heavy atom. The normalized spacial score (nSPS) is 11.4. The number of carboxylic acids is 1. The molecule has 4 aromatic rings. The number of anilines is 2. The lowest BCUT2D eigenvalue weighted by Crippen LogP contribution is -2.44. The van der Waals surface area contributed by atoms with Crippen molar-refractivity contribution in [1.29, 1.82) is 0 Å². The summed E-state index contributed by atoms with van der Waals surface area (Å²) in [6.45, 7) is 3.44. The Labute approximate surface area is 223 Å². The van der Waals surface area contributed by atoms with E-state index in [0.717, 1.165) is 21.8 Å². The number of ether oxygens (including phenoxy) is 1. The van der Waals surface area contributed by atoms with Crippen LogP contribution in [0.1, 0.15) is 23.6 Å². The lowest BCUT2D eigenvalue weighted by Gasteiger charge is -2.16. The summed E-state index contributed by atoms with van der Waals surface area (Å²) in [4.78, 5) is 41.3. The third-order valence-corrected chi connectivity index (χ3v) is 6.50. The maximum Gasteiger partial charge on any atom is 0.326 e. The molecule has 0 aliphatic rings. The Morgan fingerprint density at radius 3 is 2.26 bits per heavy atom. The van der Waals surface area contributed by atoms with Gasteiger partial charge in [0.25, 0.3) is 5.91 Å². The molecule has 3 aromatic carbocycles. The quantitative estimate of drug-likeness (QED) is 0.207. The Kier molecular flexibility index (Phi) is 8.34. The molecule has 0 aliphatic carbocycles. The molecule has 0 unspecified atom stereocenters. The first-order chi connectivity index (χ1) is 18.3. The second kappa shape index (κ2) is 12.0. The van der Waals surface area contributed by atoms with Gasteiger partial charge in [-0.3, -0.25) is 4.79 Å². The van der Waals surface area contributed by atoms with Gasteiger partial charge in [-0.2, -0.15) is 0 Å². The highest BCUT2D eigenvalue weighted by molar-refractivity contribution is 7.17. The molecule has 1 aromatic heterocycles. The molecule has 10 heteroatoms. The molecule has 1 atom stereocenters. The minimum absolute atomic E-state index is 0.171. The van der Waals surface area contributed by atoms with E-state index in [1.807, 2.05) is 36.4 Å². The van der Waals surface area contributed by atoms with Crippen LogP contribution in [-0.2, 0) is 4.79 Å². The van der Waals surface area contributed by atoms with Gasteiger partial charge in [0.1, 0.15) is 11.8 Å². The van der Waals surface area contributed by atoms with Crippen molar-refractivity contribution >= 4 is 40.6 Å². The number of benzene rings is 3. The Balaban J connectivity index is 1.37. The SMILES string of the molecule is CC(C)[C@H](NC(=O)c1ncc(-c2ccc(NC(=O)Nc3ccccc3Oc3ccccc3)cc2)s1)C(=O)O. The molecule has 0 saturated carbocycles. The summed E-state index contributed by atoms with van der Waals surface area (Å²) in [6, 6.07) is 22.1. The average Bonchev–Trinajstić information content (AvgIpc) is 3.39. The van der Waals surface area contributed by atoms with Crippen LogP contribution in [0, 0.1) is 5.92 Å². The Morgan fingerprint density at radius 2 is 1.58 bits per heavy atom.